The van der Waals surface area contributed by atoms with Crippen molar-refractivity contribution in [3.05, 3.63) is 0 Å². The fourth-order valence-electron chi connectivity index (χ4n) is 0.527. The third-order valence-electron chi connectivity index (χ3n) is 1.17. The topological polar surface area (TPSA) is 55.4 Å². The van der Waals surface area contributed by atoms with Crippen LogP contribution in [0.4, 0.5) is 13.2 Å². The van der Waals surface area contributed by atoms with Gasteiger partial charge in [0, 0.05) is 0 Å². The second-order valence-electron chi connectivity index (χ2n) is 2.45. The number of carbonyl (C=O) groups excluding carboxylic acids is 2. The van der Waals surface area contributed by atoms with Crippen LogP contribution in [-0.2, 0) is 14.3 Å². The van der Waals surface area contributed by atoms with Crippen molar-refractivity contribution in [2.24, 2.45) is 0 Å². The summed E-state index contributed by atoms with van der Waals surface area (Å²) in [5.41, 5.74) is 0. The van der Waals surface area contributed by atoms with Crippen LogP contribution < -0.4 is 5.32 Å². The van der Waals surface area contributed by atoms with Crippen molar-refractivity contribution in [1.29, 1.82) is 0 Å². The first-order valence-electron chi connectivity index (χ1n) is 3.28. The minimum atomic E-state index is -5.09. The lowest BCUT2D eigenvalue weighted by atomic mass is 10.3. The van der Waals surface area contributed by atoms with E-state index in [4.69, 9.17) is 11.6 Å². The summed E-state index contributed by atoms with van der Waals surface area (Å²) in [6, 6.07) is 0. The van der Waals surface area contributed by atoms with Gasteiger partial charge in [0.05, 0.1) is 7.11 Å². The Kier molecular flexibility index (Phi) is 3.75. The predicted molar refractivity (Wildman–Crippen MR) is 40.5 cm³/mol. The molecule has 0 aromatic rings. The van der Waals surface area contributed by atoms with Crippen LogP contribution >= 0.6 is 11.6 Å². The first-order chi connectivity index (χ1) is 6.11. The molecule has 14 heavy (non-hydrogen) atoms. The molecule has 0 saturated heterocycles. The molecule has 0 heterocycles. The van der Waals surface area contributed by atoms with Gasteiger partial charge in [0.1, 0.15) is 0 Å². The van der Waals surface area contributed by atoms with E-state index in [9.17, 15) is 22.8 Å². The Morgan fingerprint density at radius 3 is 2.07 bits per heavy atom. The number of methoxy groups -OCH3 is 1. The summed E-state index contributed by atoms with van der Waals surface area (Å²) in [6.45, 7) is 0.879. The van der Waals surface area contributed by atoms with E-state index in [0.717, 1.165) is 14.0 Å². The van der Waals surface area contributed by atoms with E-state index in [0.29, 0.717) is 0 Å². The summed E-state index contributed by atoms with van der Waals surface area (Å²) in [5.74, 6) is -3.49. The Bertz CT molecular complexity index is 251. The van der Waals surface area contributed by atoms with Gasteiger partial charge in [-0.05, 0) is 6.92 Å². The highest BCUT2D eigenvalue weighted by Crippen LogP contribution is 2.19. The highest BCUT2D eigenvalue weighted by Gasteiger charge is 2.44. The zero-order chi connectivity index (χ0) is 11.6. The molecule has 0 spiro atoms. The van der Waals surface area contributed by atoms with E-state index in [-0.39, 0.29) is 0 Å². The number of amides is 1. The molecule has 1 N–H and O–H groups in total. The maximum absolute atomic E-state index is 11.7. The molecule has 0 saturated carbocycles. The number of nitrogens with one attached hydrogen (secondary N) is 1. The van der Waals surface area contributed by atoms with Crippen molar-refractivity contribution in [3.8, 4) is 0 Å². The third-order valence-corrected chi connectivity index (χ3v) is 1.42. The van der Waals surface area contributed by atoms with Gasteiger partial charge in [-0.25, -0.2) is 4.79 Å². The van der Waals surface area contributed by atoms with Gasteiger partial charge in [-0.2, -0.15) is 13.2 Å². The average molecular weight is 234 g/mol. The minimum Gasteiger partial charge on any atom is -0.466 e. The SMILES string of the molecule is COC(=O)[C@@](C)(Cl)NC(=O)C(F)(F)F. The number of hydrogen-bond donors (Lipinski definition) is 1. The van der Waals surface area contributed by atoms with E-state index < -0.39 is 23.1 Å². The van der Waals surface area contributed by atoms with Gasteiger partial charge < -0.3 is 10.1 Å². The number of alkyl halides is 4. The molecule has 4 nitrogen and oxygen atoms in total. The van der Waals surface area contributed by atoms with Crippen LogP contribution in [0.3, 0.4) is 0 Å². The van der Waals surface area contributed by atoms with Crippen molar-refractivity contribution in [2.75, 3.05) is 7.11 Å². The molecule has 1 atom stereocenters. The standard InChI is InChI=1S/C6H7ClF3NO3/c1-5(7,4(13)14-2)11-3(12)6(8,9)10/h1-2H3,(H,11,12)/t5-/m0/s1. The fourth-order valence-corrected chi connectivity index (χ4v) is 0.690. The number of carbonyl (C=O) groups is 2. The van der Waals surface area contributed by atoms with Crippen LogP contribution in [0.15, 0.2) is 0 Å². The lowest BCUT2D eigenvalue weighted by Crippen LogP contribution is -2.52. The highest BCUT2D eigenvalue weighted by molar-refractivity contribution is 6.34. The zero-order valence-electron chi connectivity index (χ0n) is 7.24. The molecule has 0 fully saturated rings. The number of rotatable bonds is 2. The van der Waals surface area contributed by atoms with E-state index in [2.05, 4.69) is 4.74 Å². The Labute approximate surface area is 82.4 Å². The predicted octanol–water partition coefficient (Wildman–Crippen LogP) is 0.793. The Hall–Kier alpha value is -0.980. The van der Waals surface area contributed by atoms with Gasteiger partial charge in [-0.15, -0.1) is 0 Å². The summed E-state index contributed by atoms with van der Waals surface area (Å²) >= 11 is 5.28. The molecule has 0 unspecified atom stereocenters. The van der Waals surface area contributed by atoms with Gasteiger partial charge >= 0.3 is 18.1 Å². The monoisotopic (exact) mass is 233 g/mol. The molecule has 8 heteroatoms. The van der Waals surface area contributed by atoms with E-state index in [1.54, 1.807) is 0 Å². The molecule has 0 aliphatic carbocycles. The normalized spacial score (nSPS) is 15.6. The molecular formula is C6H7ClF3NO3. The van der Waals surface area contributed by atoms with Crippen LogP contribution in [0.1, 0.15) is 6.92 Å². The summed E-state index contributed by atoms with van der Waals surface area (Å²) < 4.78 is 39.2. The number of esters is 1. The molecule has 0 aromatic carbocycles. The minimum absolute atomic E-state index is 0.879. The summed E-state index contributed by atoms with van der Waals surface area (Å²) in [6.07, 6.45) is -5.09. The van der Waals surface area contributed by atoms with Crippen LogP contribution in [0, 0.1) is 0 Å². The maximum atomic E-state index is 11.7. The molecule has 1 amide bonds. The lowest BCUT2D eigenvalue weighted by Gasteiger charge is -2.21. The van der Waals surface area contributed by atoms with Crippen molar-refractivity contribution in [3.63, 3.8) is 0 Å². The van der Waals surface area contributed by atoms with Crippen LogP contribution in [-0.4, -0.2) is 30.2 Å². The highest BCUT2D eigenvalue weighted by atomic mass is 35.5. The largest absolute Gasteiger partial charge is 0.471 e. The van der Waals surface area contributed by atoms with E-state index >= 15 is 0 Å². The summed E-state index contributed by atoms with van der Waals surface area (Å²) in [4.78, 5) is 18.9. The first-order valence-corrected chi connectivity index (χ1v) is 3.65. The smallest absolute Gasteiger partial charge is 0.466 e. The van der Waals surface area contributed by atoms with Crippen molar-refractivity contribution >= 4 is 23.5 Å². The molecule has 82 valence electrons. The van der Waals surface area contributed by atoms with Gasteiger partial charge in [-0.1, -0.05) is 11.6 Å². The number of hydrogen-bond acceptors (Lipinski definition) is 3. The number of halogens is 4. The second kappa shape index (κ2) is 4.04. The Morgan fingerprint density at radius 2 is 1.79 bits per heavy atom. The molecular weight excluding hydrogens is 227 g/mol. The first kappa shape index (κ1) is 13.0. The summed E-state index contributed by atoms with van der Waals surface area (Å²) in [5, 5.41) is 1.27. The summed E-state index contributed by atoms with van der Waals surface area (Å²) in [7, 11) is 0.933. The van der Waals surface area contributed by atoms with Crippen LogP contribution in [0.25, 0.3) is 0 Å². The second-order valence-corrected chi connectivity index (χ2v) is 3.20. The van der Waals surface area contributed by atoms with Gasteiger partial charge in [-0.3, -0.25) is 4.79 Å². The maximum Gasteiger partial charge on any atom is 0.471 e. The average Bonchev–Trinajstić information content (AvgIpc) is 2.00. The van der Waals surface area contributed by atoms with Crippen molar-refractivity contribution < 1.29 is 27.5 Å². The van der Waals surface area contributed by atoms with Gasteiger partial charge in [0.2, 0.25) is 5.00 Å². The zero-order valence-corrected chi connectivity index (χ0v) is 7.99. The molecule has 0 radical (unpaired) electrons. The Balaban J connectivity index is 4.53. The van der Waals surface area contributed by atoms with Crippen LogP contribution in [0.5, 0.6) is 0 Å². The van der Waals surface area contributed by atoms with Gasteiger partial charge in [0.25, 0.3) is 0 Å². The molecule has 0 aliphatic rings. The van der Waals surface area contributed by atoms with E-state index in [1.807, 2.05) is 0 Å². The van der Waals surface area contributed by atoms with Gasteiger partial charge in [0.15, 0.2) is 0 Å². The quantitative estimate of drug-likeness (QED) is 0.436. The van der Waals surface area contributed by atoms with E-state index in [1.165, 1.54) is 5.32 Å². The molecule has 0 aromatic heterocycles. The molecule has 0 aliphatic heterocycles. The fraction of sp³-hybridized carbons (Fsp3) is 0.667. The molecule has 0 rings (SSSR count). The van der Waals surface area contributed by atoms with Crippen molar-refractivity contribution in [2.45, 2.75) is 18.1 Å². The third kappa shape index (κ3) is 3.41. The molecule has 0 bridgehead atoms. The lowest BCUT2D eigenvalue weighted by molar-refractivity contribution is -0.176. The van der Waals surface area contributed by atoms with Crippen LogP contribution in [0.2, 0.25) is 0 Å². The number of ether oxygens (including phenoxy) is 1. The van der Waals surface area contributed by atoms with Crippen molar-refractivity contribution in [1.82, 2.24) is 5.32 Å². The Morgan fingerprint density at radius 1 is 1.36 bits per heavy atom.